The molecule has 0 unspecified atom stereocenters. The first-order chi connectivity index (χ1) is 8.10. The van der Waals surface area contributed by atoms with Gasteiger partial charge in [0.1, 0.15) is 5.69 Å². The molecule has 1 rings (SSSR count). The van der Waals surface area contributed by atoms with Gasteiger partial charge in [0, 0.05) is 0 Å². The summed E-state index contributed by atoms with van der Waals surface area (Å²) in [5.74, 6) is -1.14. The number of halogens is 1. The zero-order valence-electron chi connectivity index (χ0n) is 9.53. The lowest BCUT2D eigenvalue weighted by Crippen LogP contribution is -2.13. The maximum absolute atomic E-state index is 11.5. The third-order valence-corrected chi connectivity index (χ3v) is 2.44. The molecule has 0 bridgehead atoms. The Morgan fingerprint density at radius 2 is 1.76 bits per heavy atom. The lowest BCUT2D eigenvalue weighted by atomic mass is 10.3. The van der Waals surface area contributed by atoms with E-state index in [-0.39, 0.29) is 24.6 Å². The van der Waals surface area contributed by atoms with E-state index in [0.29, 0.717) is 4.47 Å². The first kappa shape index (κ1) is 13.6. The normalized spacial score (nSPS) is 9.82. The number of hydrogen-bond donors (Lipinski definition) is 0. The van der Waals surface area contributed by atoms with Crippen LogP contribution in [-0.4, -0.2) is 30.1 Å². The molecule has 0 spiro atoms. The molecule has 0 radical (unpaired) electrons. The molecule has 1 aromatic rings. The summed E-state index contributed by atoms with van der Waals surface area (Å²) >= 11 is 3.17. The predicted molar refractivity (Wildman–Crippen MR) is 63.9 cm³/mol. The van der Waals surface area contributed by atoms with Gasteiger partial charge < -0.3 is 9.47 Å². The maximum Gasteiger partial charge on any atom is 0.358 e. The van der Waals surface area contributed by atoms with Crippen LogP contribution in [0.2, 0.25) is 0 Å². The molecule has 0 amide bonds. The van der Waals surface area contributed by atoms with Gasteiger partial charge in [-0.15, -0.1) is 0 Å². The van der Waals surface area contributed by atoms with E-state index in [0.717, 1.165) is 0 Å². The average Bonchev–Trinajstić information content (AvgIpc) is 2.30. The first-order valence-electron chi connectivity index (χ1n) is 5.10. The largest absolute Gasteiger partial charge is 0.461 e. The van der Waals surface area contributed by atoms with E-state index in [9.17, 15) is 9.59 Å². The van der Waals surface area contributed by atoms with Gasteiger partial charge in [-0.25, -0.2) is 14.6 Å². The van der Waals surface area contributed by atoms with Crippen molar-refractivity contribution in [3.63, 3.8) is 0 Å². The fourth-order valence-electron chi connectivity index (χ4n) is 1.10. The van der Waals surface area contributed by atoms with Crippen molar-refractivity contribution in [1.82, 2.24) is 4.98 Å². The van der Waals surface area contributed by atoms with Crippen molar-refractivity contribution in [3.8, 4) is 0 Å². The van der Waals surface area contributed by atoms with Crippen molar-refractivity contribution in [3.05, 3.63) is 28.0 Å². The summed E-state index contributed by atoms with van der Waals surface area (Å²) in [6.07, 6.45) is 0. The molecule has 0 atom stereocenters. The van der Waals surface area contributed by atoms with E-state index < -0.39 is 11.9 Å². The summed E-state index contributed by atoms with van der Waals surface area (Å²) in [5.41, 5.74) is 0.149. The maximum atomic E-state index is 11.5. The molecule has 5 nitrogen and oxygen atoms in total. The first-order valence-corrected chi connectivity index (χ1v) is 5.90. The van der Waals surface area contributed by atoms with Crippen LogP contribution in [0.5, 0.6) is 0 Å². The summed E-state index contributed by atoms with van der Waals surface area (Å²) in [6.45, 7) is 3.89. The van der Waals surface area contributed by atoms with Gasteiger partial charge in [-0.05, 0) is 41.9 Å². The fourth-order valence-corrected chi connectivity index (χ4v) is 1.49. The molecule has 0 saturated carbocycles. The number of pyridine rings is 1. The second-order valence-corrected chi connectivity index (χ2v) is 3.82. The summed E-state index contributed by atoms with van der Waals surface area (Å²) < 4.78 is 10.1. The molecular weight excluding hydrogens is 290 g/mol. The summed E-state index contributed by atoms with van der Waals surface area (Å²) in [6, 6.07) is 3.04. The van der Waals surface area contributed by atoms with Crippen LogP contribution < -0.4 is 0 Å². The summed E-state index contributed by atoms with van der Waals surface area (Å²) in [7, 11) is 0. The SMILES string of the molecule is CCOC(=O)c1ccc(Br)c(C(=O)OCC)n1. The minimum Gasteiger partial charge on any atom is -0.461 e. The highest BCUT2D eigenvalue weighted by molar-refractivity contribution is 9.10. The molecule has 0 aliphatic carbocycles. The van der Waals surface area contributed by atoms with Crippen molar-refractivity contribution in [1.29, 1.82) is 0 Å². The Hall–Kier alpha value is -1.43. The molecule has 0 aliphatic heterocycles. The van der Waals surface area contributed by atoms with Gasteiger partial charge in [-0.3, -0.25) is 0 Å². The molecule has 1 aromatic heterocycles. The molecular formula is C11H12BrNO4. The fraction of sp³-hybridized carbons (Fsp3) is 0.364. The number of hydrogen-bond acceptors (Lipinski definition) is 5. The molecule has 92 valence electrons. The zero-order chi connectivity index (χ0) is 12.8. The Morgan fingerprint density at radius 1 is 1.18 bits per heavy atom. The van der Waals surface area contributed by atoms with Crippen LogP contribution in [0.15, 0.2) is 16.6 Å². The Balaban J connectivity index is 3.02. The smallest absolute Gasteiger partial charge is 0.358 e. The van der Waals surface area contributed by atoms with Gasteiger partial charge in [0.05, 0.1) is 17.7 Å². The van der Waals surface area contributed by atoms with Gasteiger partial charge in [-0.2, -0.15) is 0 Å². The Labute approximate surface area is 107 Å². The summed E-state index contributed by atoms with van der Waals surface area (Å²) in [4.78, 5) is 26.9. The molecule has 0 aliphatic rings. The quantitative estimate of drug-likeness (QED) is 0.798. The second-order valence-electron chi connectivity index (χ2n) is 2.97. The molecule has 0 N–H and O–H groups in total. The molecule has 17 heavy (non-hydrogen) atoms. The third-order valence-electron chi connectivity index (χ3n) is 1.80. The van der Waals surface area contributed by atoms with Crippen LogP contribution in [-0.2, 0) is 9.47 Å². The molecule has 1 heterocycles. The highest BCUT2D eigenvalue weighted by atomic mass is 79.9. The minimum atomic E-state index is -0.578. The molecule has 0 fully saturated rings. The highest BCUT2D eigenvalue weighted by Gasteiger charge is 2.17. The minimum absolute atomic E-state index is 0.0670. The molecule has 0 saturated heterocycles. The molecule has 0 aromatic carbocycles. The number of esters is 2. The van der Waals surface area contributed by atoms with E-state index >= 15 is 0 Å². The van der Waals surface area contributed by atoms with Crippen LogP contribution >= 0.6 is 15.9 Å². The monoisotopic (exact) mass is 301 g/mol. The van der Waals surface area contributed by atoms with Crippen molar-refractivity contribution in [2.75, 3.05) is 13.2 Å². The van der Waals surface area contributed by atoms with Crippen molar-refractivity contribution >= 4 is 27.9 Å². The number of aromatic nitrogens is 1. The van der Waals surface area contributed by atoms with Crippen LogP contribution in [0.25, 0.3) is 0 Å². The van der Waals surface area contributed by atoms with Crippen molar-refractivity contribution < 1.29 is 19.1 Å². The standard InChI is InChI=1S/C11H12BrNO4/c1-3-16-10(14)8-6-5-7(12)9(13-8)11(15)17-4-2/h5-6H,3-4H2,1-2H3. The van der Waals surface area contributed by atoms with Gasteiger partial charge in [0.25, 0.3) is 0 Å². The Morgan fingerprint density at radius 3 is 2.35 bits per heavy atom. The van der Waals surface area contributed by atoms with Crippen molar-refractivity contribution in [2.24, 2.45) is 0 Å². The van der Waals surface area contributed by atoms with Crippen LogP contribution in [0.3, 0.4) is 0 Å². The van der Waals surface area contributed by atoms with Gasteiger partial charge in [-0.1, -0.05) is 0 Å². The van der Waals surface area contributed by atoms with Crippen LogP contribution in [0, 0.1) is 0 Å². The van der Waals surface area contributed by atoms with E-state index in [1.165, 1.54) is 6.07 Å². The lowest BCUT2D eigenvalue weighted by Gasteiger charge is -2.05. The Kier molecular flexibility index (Phi) is 5.09. The van der Waals surface area contributed by atoms with Gasteiger partial charge >= 0.3 is 11.9 Å². The van der Waals surface area contributed by atoms with E-state index in [2.05, 4.69) is 20.9 Å². The molecule has 6 heteroatoms. The van der Waals surface area contributed by atoms with Crippen LogP contribution in [0.1, 0.15) is 34.8 Å². The number of rotatable bonds is 4. The average molecular weight is 302 g/mol. The van der Waals surface area contributed by atoms with Crippen molar-refractivity contribution in [2.45, 2.75) is 13.8 Å². The lowest BCUT2D eigenvalue weighted by molar-refractivity contribution is 0.0510. The summed E-state index contributed by atoms with van der Waals surface area (Å²) in [5, 5.41) is 0. The number of carbonyl (C=O) groups excluding carboxylic acids is 2. The Bertz CT molecular complexity index is 433. The third kappa shape index (κ3) is 3.52. The number of nitrogens with zero attached hydrogens (tertiary/aromatic N) is 1. The van der Waals surface area contributed by atoms with Gasteiger partial charge in [0.15, 0.2) is 5.69 Å². The topological polar surface area (TPSA) is 65.5 Å². The zero-order valence-corrected chi connectivity index (χ0v) is 11.1. The number of carbonyl (C=O) groups is 2. The number of ether oxygens (including phenoxy) is 2. The highest BCUT2D eigenvalue weighted by Crippen LogP contribution is 2.16. The second kappa shape index (κ2) is 6.34. The van der Waals surface area contributed by atoms with E-state index in [1.54, 1.807) is 19.9 Å². The van der Waals surface area contributed by atoms with Crippen LogP contribution in [0.4, 0.5) is 0 Å². The predicted octanol–water partition coefficient (Wildman–Crippen LogP) is 2.20. The van der Waals surface area contributed by atoms with E-state index in [1.807, 2.05) is 0 Å². The van der Waals surface area contributed by atoms with E-state index in [4.69, 9.17) is 9.47 Å². The van der Waals surface area contributed by atoms with Gasteiger partial charge in [0.2, 0.25) is 0 Å².